The lowest BCUT2D eigenvalue weighted by Gasteiger charge is -2.19. The number of thioether (sulfide) groups is 1. The summed E-state index contributed by atoms with van der Waals surface area (Å²) in [7, 11) is 0. The zero-order chi connectivity index (χ0) is 13.8. The smallest absolute Gasteiger partial charge is 0.269 e. The third-order valence-corrected chi connectivity index (χ3v) is 5.72. The van der Waals surface area contributed by atoms with Crippen LogP contribution in [0.15, 0.2) is 16.0 Å². The van der Waals surface area contributed by atoms with Gasteiger partial charge in [0.1, 0.15) is 10.9 Å². The SMILES string of the molecule is N#Cc1ccsc1-c1nc(CSC2CCCCC2)no1. The molecule has 0 amide bonds. The second-order valence-corrected chi connectivity index (χ2v) is 7.07. The van der Waals surface area contributed by atoms with Crippen molar-refractivity contribution in [1.29, 1.82) is 5.26 Å². The number of hydrogen-bond acceptors (Lipinski definition) is 6. The van der Waals surface area contributed by atoms with E-state index < -0.39 is 0 Å². The van der Waals surface area contributed by atoms with Gasteiger partial charge < -0.3 is 4.52 Å². The van der Waals surface area contributed by atoms with E-state index >= 15 is 0 Å². The van der Waals surface area contributed by atoms with Crippen molar-refractivity contribution in [1.82, 2.24) is 10.1 Å². The maximum atomic E-state index is 9.01. The van der Waals surface area contributed by atoms with Crippen LogP contribution >= 0.6 is 23.1 Å². The molecule has 0 aromatic carbocycles. The minimum atomic E-state index is 0.468. The highest BCUT2D eigenvalue weighted by Gasteiger charge is 2.17. The summed E-state index contributed by atoms with van der Waals surface area (Å²) in [5.41, 5.74) is 0.602. The van der Waals surface area contributed by atoms with Gasteiger partial charge in [0, 0.05) is 5.25 Å². The van der Waals surface area contributed by atoms with Crippen LogP contribution in [-0.4, -0.2) is 15.4 Å². The Labute approximate surface area is 126 Å². The predicted octanol–water partition coefficient (Wildman–Crippen LogP) is 4.24. The van der Waals surface area contributed by atoms with Crippen LogP contribution in [-0.2, 0) is 5.75 Å². The molecule has 0 saturated heterocycles. The summed E-state index contributed by atoms with van der Waals surface area (Å²) in [4.78, 5) is 5.18. The van der Waals surface area contributed by atoms with Crippen LogP contribution < -0.4 is 0 Å². The fourth-order valence-corrected chi connectivity index (χ4v) is 4.33. The molecule has 1 saturated carbocycles. The minimum Gasteiger partial charge on any atom is -0.333 e. The molecule has 2 aromatic rings. The third-order valence-electron chi connectivity index (χ3n) is 3.45. The Kier molecular flexibility index (Phi) is 4.38. The second-order valence-electron chi connectivity index (χ2n) is 4.86. The summed E-state index contributed by atoms with van der Waals surface area (Å²) in [6, 6.07) is 3.92. The Morgan fingerprint density at radius 3 is 3.05 bits per heavy atom. The van der Waals surface area contributed by atoms with Crippen LogP contribution in [0.4, 0.5) is 0 Å². The van der Waals surface area contributed by atoms with Gasteiger partial charge in [-0.3, -0.25) is 0 Å². The quantitative estimate of drug-likeness (QED) is 0.845. The van der Waals surface area contributed by atoms with Crippen LogP contribution in [0.2, 0.25) is 0 Å². The molecule has 3 rings (SSSR count). The zero-order valence-corrected chi connectivity index (χ0v) is 12.7. The van der Waals surface area contributed by atoms with Crippen molar-refractivity contribution in [3.05, 3.63) is 22.8 Å². The van der Waals surface area contributed by atoms with Gasteiger partial charge in [0.05, 0.1) is 11.3 Å². The van der Waals surface area contributed by atoms with Gasteiger partial charge in [0.2, 0.25) is 0 Å². The Morgan fingerprint density at radius 2 is 2.25 bits per heavy atom. The molecule has 0 N–H and O–H groups in total. The molecule has 2 aromatic heterocycles. The van der Waals surface area contributed by atoms with E-state index in [0.717, 1.165) is 21.7 Å². The Bertz CT molecular complexity index is 608. The van der Waals surface area contributed by atoms with Gasteiger partial charge in [-0.2, -0.15) is 22.0 Å². The Morgan fingerprint density at radius 1 is 1.40 bits per heavy atom. The van der Waals surface area contributed by atoms with Crippen LogP contribution in [0.5, 0.6) is 0 Å². The molecular formula is C14H15N3OS2. The van der Waals surface area contributed by atoms with E-state index in [9.17, 15) is 0 Å². The first-order valence-corrected chi connectivity index (χ1v) is 8.72. The molecule has 0 atom stereocenters. The van der Waals surface area contributed by atoms with E-state index in [4.69, 9.17) is 9.78 Å². The van der Waals surface area contributed by atoms with Crippen LogP contribution in [0.1, 0.15) is 43.5 Å². The fraction of sp³-hybridized carbons (Fsp3) is 0.500. The van der Waals surface area contributed by atoms with Crippen molar-refractivity contribution in [2.45, 2.75) is 43.1 Å². The molecule has 1 aliphatic carbocycles. The molecule has 0 aliphatic heterocycles. The summed E-state index contributed by atoms with van der Waals surface area (Å²) in [6.07, 6.45) is 6.67. The first-order valence-electron chi connectivity index (χ1n) is 6.79. The molecule has 4 nitrogen and oxygen atoms in total. The van der Waals surface area contributed by atoms with Gasteiger partial charge in [0.25, 0.3) is 5.89 Å². The minimum absolute atomic E-state index is 0.468. The molecule has 0 bridgehead atoms. The summed E-state index contributed by atoms with van der Waals surface area (Å²) < 4.78 is 5.28. The van der Waals surface area contributed by atoms with Crippen molar-refractivity contribution in [3.8, 4) is 16.8 Å². The molecule has 104 valence electrons. The van der Waals surface area contributed by atoms with E-state index in [1.807, 2.05) is 17.1 Å². The number of thiophene rings is 1. The molecule has 0 spiro atoms. The average molecular weight is 305 g/mol. The van der Waals surface area contributed by atoms with Crippen molar-refractivity contribution in [2.24, 2.45) is 0 Å². The molecule has 6 heteroatoms. The molecule has 2 heterocycles. The number of nitrogens with zero attached hydrogens (tertiary/aromatic N) is 3. The lowest BCUT2D eigenvalue weighted by molar-refractivity contribution is 0.426. The number of hydrogen-bond donors (Lipinski definition) is 0. The lowest BCUT2D eigenvalue weighted by Crippen LogP contribution is -2.08. The van der Waals surface area contributed by atoms with E-state index in [1.165, 1.54) is 43.4 Å². The first-order chi connectivity index (χ1) is 9.86. The zero-order valence-electron chi connectivity index (χ0n) is 11.0. The Hall–Kier alpha value is -1.32. The van der Waals surface area contributed by atoms with Gasteiger partial charge in [-0.25, -0.2) is 0 Å². The molecule has 0 radical (unpaired) electrons. The number of aromatic nitrogens is 2. The van der Waals surface area contributed by atoms with Crippen molar-refractivity contribution in [2.75, 3.05) is 0 Å². The van der Waals surface area contributed by atoms with Crippen LogP contribution in [0.3, 0.4) is 0 Å². The van der Waals surface area contributed by atoms with E-state index in [1.54, 1.807) is 6.07 Å². The van der Waals surface area contributed by atoms with Crippen molar-refractivity contribution < 1.29 is 4.52 Å². The molecule has 1 aliphatic rings. The highest BCUT2D eigenvalue weighted by atomic mass is 32.2. The number of nitriles is 1. The molecule has 20 heavy (non-hydrogen) atoms. The van der Waals surface area contributed by atoms with Crippen LogP contribution in [0, 0.1) is 11.3 Å². The summed E-state index contributed by atoms with van der Waals surface area (Å²) in [5.74, 6) is 1.99. The summed E-state index contributed by atoms with van der Waals surface area (Å²) in [5, 5.41) is 15.6. The third kappa shape index (κ3) is 3.05. The van der Waals surface area contributed by atoms with Gasteiger partial charge in [-0.15, -0.1) is 11.3 Å². The van der Waals surface area contributed by atoms with Gasteiger partial charge in [0.15, 0.2) is 5.82 Å². The Balaban J connectivity index is 1.63. The maximum Gasteiger partial charge on any atom is 0.269 e. The first kappa shape index (κ1) is 13.7. The summed E-state index contributed by atoms with van der Waals surface area (Å²) in [6.45, 7) is 0. The van der Waals surface area contributed by atoms with Crippen LogP contribution in [0.25, 0.3) is 10.8 Å². The van der Waals surface area contributed by atoms with Gasteiger partial charge in [-0.1, -0.05) is 24.4 Å². The molecular weight excluding hydrogens is 290 g/mol. The highest BCUT2D eigenvalue weighted by molar-refractivity contribution is 7.99. The fourth-order valence-electron chi connectivity index (χ4n) is 2.39. The lowest BCUT2D eigenvalue weighted by atomic mass is 10.0. The standard InChI is InChI=1S/C14H15N3OS2/c15-8-10-6-7-19-13(10)14-16-12(17-18-14)9-20-11-4-2-1-3-5-11/h6-7,11H,1-5,9H2. The number of rotatable bonds is 4. The van der Waals surface area contributed by atoms with Gasteiger partial charge >= 0.3 is 0 Å². The van der Waals surface area contributed by atoms with E-state index in [-0.39, 0.29) is 0 Å². The van der Waals surface area contributed by atoms with Crippen molar-refractivity contribution in [3.63, 3.8) is 0 Å². The summed E-state index contributed by atoms with van der Waals surface area (Å²) >= 11 is 3.39. The molecule has 0 unspecified atom stereocenters. The topological polar surface area (TPSA) is 62.7 Å². The monoisotopic (exact) mass is 305 g/mol. The molecule has 1 fully saturated rings. The van der Waals surface area contributed by atoms with Gasteiger partial charge in [-0.05, 0) is 24.3 Å². The normalized spacial score (nSPS) is 16.1. The average Bonchev–Trinajstić information content (AvgIpc) is 3.14. The maximum absolute atomic E-state index is 9.01. The van der Waals surface area contributed by atoms with E-state index in [2.05, 4.69) is 16.2 Å². The highest BCUT2D eigenvalue weighted by Crippen LogP contribution is 2.31. The second kappa shape index (κ2) is 6.42. The largest absolute Gasteiger partial charge is 0.333 e. The van der Waals surface area contributed by atoms with Crippen molar-refractivity contribution >= 4 is 23.1 Å². The predicted molar refractivity (Wildman–Crippen MR) is 80.5 cm³/mol. The van der Waals surface area contributed by atoms with E-state index in [0.29, 0.717) is 11.5 Å².